The fourth-order valence-electron chi connectivity index (χ4n) is 1.78. The molecule has 0 amide bonds. The number of hydrogen-bond acceptors (Lipinski definition) is 3. The van der Waals surface area contributed by atoms with E-state index < -0.39 is 0 Å². The number of aryl methyl sites for hydroxylation is 1. The zero-order chi connectivity index (χ0) is 11.8. The molecule has 0 bridgehead atoms. The number of nitrogens with zero attached hydrogens (tertiary/aromatic N) is 3. The van der Waals surface area contributed by atoms with Crippen molar-refractivity contribution in [3.8, 4) is 0 Å². The van der Waals surface area contributed by atoms with E-state index in [-0.39, 0.29) is 0 Å². The van der Waals surface area contributed by atoms with Gasteiger partial charge in [0.2, 0.25) is 0 Å². The van der Waals surface area contributed by atoms with Gasteiger partial charge in [-0.3, -0.25) is 0 Å². The fourth-order valence-corrected chi connectivity index (χ4v) is 3.00. The molecule has 0 aromatic carbocycles. The Morgan fingerprint density at radius 3 is 3.00 bits per heavy atom. The highest BCUT2D eigenvalue weighted by Crippen LogP contribution is 2.20. The van der Waals surface area contributed by atoms with Crippen molar-refractivity contribution in [3.05, 3.63) is 44.8 Å². The smallest absolute Gasteiger partial charge is 0.158 e. The largest absolute Gasteiger partial charge is 0.242 e. The van der Waals surface area contributed by atoms with E-state index in [9.17, 15) is 0 Å². The molecule has 0 aliphatic rings. The summed E-state index contributed by atoms with van der Waals surface area (Å²) >= 11 is 5.21. The minimum Gasteiger partial charge on any atom is -0.242 e. The Morgan fingerprint density at radius 1 is 1.35 bits per heavy atom. The Hall–Kier alpha value is -1.20. The van der Waals surface area contributed by atoms with Gasteiger partial charge >= 0.3 is 0 Å². The molecule has 3 aromatic rings. The normalized spacial score (nSPS) is 11.2. The number of halogens is 1. The van der Waals surface area contributed by atoms with E-state index in [1.807, 2.05) is 16.9 Å². The first-order chi connectivity index (χ1) is 8.22. The van der Waals surface area contributed by atoms with Gasteiger partial charge in [-0.15, -0.1) is 11.3 Å². The molecule has 17 heavy (non-hydrogen) atoms. The van der Waals surface area contributed by atoms with Crippen LogP contribution in [0.25, 0.3) is 11.0 Å². The number of pyridine rings is 1. The molecule has 0 N–H and O–H groups in total. The van der Waals surface area contributed by atoms with E-state index in [2.05, 4.69) is 45.1 Å². The van der Waals surface area contributed by atoms with Crippen molar-refractivity contribution in [2.45, 2.75) is 13.5 Å². The molecule has 0 aliphatic carbocycles. The Balaban J connectivity index is 2.00. The number of hydrogen-bond donors (Lipinski definition) is 0. The number of fused-ring (bicyclic) bond motifs is 1. The predicted octanol–water partition coefficient (Wildman–Crippen LogP) is 3.61. The maximum atomic E-state index is 4.40. The van der Waals surface area contributed by atoms with Crippen LogP contribution in [0.3, 0.4) is 0 Å². The first-order valence-electron chi connectivity index (χ1n) is 5.25. The van der Waals surface area contributed by atoms with E-state index in [0.29, 0.717) is 0 Å². The van der Waals surface area contributed by atoms with Crippen LogP contribution in [0.4, 0.5) is 0 Å². The summed E-state index contributed by atoms with van der Waals surface area (Å²) in [5.74, 6) is 0. The number of aromatic nitrogens is 3. The summed E-state index contributed by atoms with van der Waals surface area (Å²) in [5, 5.41) is 5.44. The Labute approximate surface area is 111 Å². The minimum atomic E-state index is 0.788. The van der Waals surface area contributed by atoms with E-state index in [1.54, 1.807) is 17.5 Å². The average molecular weight is 308 g/mol. The van der Waals surface area contributed by atoms with Crippen LogP contribution in [0, 0.1) is 6.92 Å². The van der Waals surface area contributed by atoms with Gasteiger partial charge in [0, 0.05) is 25.8 Å². The van der Waals surface area contributed by atoms with Crippen LogP contribution in [0.1, 0.15) is 9.75 Å². The molecular weight excluding hydrogens is 298 g/mol. The second kappa shape index (κ2) is 4.23. The third kappa shape index (κ3) is 2.12. The van der Waals surface area contributed by atoms with Gasteiger partial charge in [-0.05, 0) is 41.1 Å². The maximum Gasteiger partial charge on any atom is 0.158 e. The Bertz CT molecular complexity index is 671. The minimum absolute atomic E-state index is 0.788. The van der Waals surface area contributed by atoms with Gasteiger partial charge in [-0.25, -0.2) is 9.67 Å². The van der Waals surface area contributed by atoms with Crippen LogP contribution in [-0.2, 0) is 6.54 Å². The molecule has 86 valence electrons. The van der Waals surface area contributed by atoms with Crippen molar-refractivity contribution in [3.63, 3.8) is 0 Å². The lowest BCUT2D eigenvalue weighted by Gasteiger charge is -2.00. The van der Waals surface area contributed by atoms with Crippen molar-refractivity contribution in [1.82, 2.24) is 14.8 Å². The van der Waals surface area contributed by atoms with Crippen LogP contribution in [0.5, 0.6) is 0 Å². The standard InChI is InChI=1S/C12H10BrN3S/c1-8-2-3-11(17-8)7-16-12-9(5-15-16)4-10(13)6-14-12/h2-6H,7H2,1H3. The molecule has 0 aliphatic heterocycles. The lowest BCUT2D eigenvalue weighted by Crippen LogP contribution is -2.00. The van der Waals surface area contributed by atoms with Crippen molar-refractivity contribution in [2.75, 3.05) is 0 Å². The summed E-state index contributed by atoms with van der Waals surface area (Å²) in [7, 11) is 0. The van der Waals surface area contributed by atoms with Crippen LogP contribution >= 0.6 is 27.3 Å². The summed E-state index contributed by atoms with van der Waals surface area (Å²) in [5.41, 5.74) is 0.930. The summed E-state index contributed by atoms with van der Waals surface area (Å²) in [6.07, 6.45) is 3.66. The molecule has 3 aromatic heterocycles. The Kier molecular flexibility index (Phi) is 2.72. The van der Waals surface area contributed by atoms with E-state index in [1.165, 1.54) is 9.75 Å². The number of rotatable bonds is 2. The molecule has 0 radical (unpaired) electrons. The van der Waals surface area contributed by atoms with Gasteiger partial charge in [0.25, 0.3) is 0 Å². The van der Waals surface area contributed by atoms with Crippen molar-refractivity contribution in [2.24, 2.45) is 0 Å². The zero-order valence-electron chi connectivity index (χ0n) is 9.22. The van der Waals surface area contributed by atoms with E-state index in [0.717, 1.165) is 22.1 Å². The number of thiophene rings is 1. The average Bonchev–Trinajstić information content (AvgIpc) is 2.86. The van der Waals surface area contributed by atoms with Crippen LogP contribution < -0.4 is 0 Å². The highest BCUT2D eigenvalue weighted by Gasteiger charge is 2.06. The first-order valence-corrected chi connectivity index (χ1v) is 6.86. The molecule has 0 saturated heterocycles. The first kappa shape index (κ1) is 10.9. The van der Waals surface area contributed by atoms with Gasteiger partial charge < -0.3 is 0 Å². The highest BCUT2D eigenvalue weighted by atomic mass is 79.9. The topological polar surface area (TPSA) is 30.7 Å². The molecule has 3 nitrogen and oxygen atoms in total. The second-order valence-electron chi connectivity index (χ2n) is 3.88. The van der Waals surface area contributed by atoms with Gasteiger partial charge in [-0.2, -0.15) is 5.10 Å². The summed E-state index contributed by atoms with van der Waals surface area (Å²) in [6, 6.07) is 6.31. The van der Waals surface area contributed by atoms with Crippen LogP contribution in [0.2, 0.25) is 0 Å². The summed E-state index contributed by atoms with van der Waals surface area (Å²) < 4.78 is 2.92. The second-order valence-corrected chi connectivity index (χ2v) is 6.17. The third-order valence-electron chi connectivity index (χ3n) is 2.54. The predicted molar refractivity (Wildman–Crippen MR) is 73.4 cm³/mol. The van der Waals surface area contributed by atoms with Gasteiger partial charge in [0.15, 0.2) is 5.65 Å². The molecule has 0 spiro atoms. The molecule has 3 rings (SSSR count). The maximum absolute atomic E-state index is 4.40. The van der Waals surface area contributed by atoms with Crippen molar-refractivity contribution >= 4 is 38.3 Å². The monoisotopic (exact) mass is 307 g/mol. The highest BCUT2D eigenvalue weighted by molar-refractivity contribution is 9.10. The van der Waals surface area contributed by atoms with Gasteiger partial charge in [0.1, 0.15) is 0 Å². The van der Waals surface area contributed by atoms with Crippen molar-refractivity contribution in [1.29, 1.82) is 0 Å². The lowest BCUT2D eigenvalue weighted by atomic mass is 10.3. The summed E-state index contributed by atoms with van der Waals surface area (Å²) in [4.78, 5) is 7.03. The third-order valence-corrected chi connectivity index (χ3v) is 3.96. The van der Waals surface area contributed by atoms with E-state index >= 15 is 0 Å². The Morgan fingerprint density at radius 2 is 2.24 bits per heavy atom. The fraction of sp³-hybridized carbons (Fsp3) is 0.167. The van der Waals surface area contributed by atoms with Crippen LogP contribution in [0.15, 0.2) is 35.1 Å². The van der Waals surface area contributed by atoms with Gasteiger partial charge in [0.05, 0.1) is 12.7 Å². The molecule has 3 heterocycles. The molecule has 0 saturated carbocycles. The van der Waals surface area contributed by atoms with E-state index in [4.69, 9.17) is 0 Å². The van der Waals surface area contributed by atoms with Crippen molar-refractivity contribution < 1.29 is 0 Å². The molecule has 0 unspecified atom stereocenters. The summed E-state index contributed by atoms with van der Waals surface area (Å²) in [6.45, 7) is 2.90. The van der Waals surface area contributed by atoms with Gasteiger partial charge in [-0.1, -0.05) is 0 Å². The van der Waals surface area contributed by atoms with Crippen LogP contribution in [-0.4, -0.2) is 14.8 Å². The SMILES string of the molecule is Cc1ccc(Cn2ncc3cc(Br)cnc32)s1. The molecule has 5 heteroatoms. The lowest BCUT2D eigenvalue weighted by molar-refractivity contribution is 0.712. The molecule has 0 atom stereocenters. The quantitative estimate of drug-likeness (QED) is 0.724. The molecule has 0 fully saturated rings. The molecular formula is C12H10BrN3S. The zero-order valence-corrected chi connectivity index (χ0v) is 11.6.